The predicted octanol–water partition coefficient (Wildman–Crippen LogP) is 1.88. The van der Waals surface area contributed by atoms with E-state index >= 15 is 0 Å². The van der Waals surface area contributed by atoms with Gasteiger partial charge < -0.3 is 10.1 Å². The summed E-state index contributed by atoms with van der Waals surface area (Å²) in [5.41, 5.74) is 0.543. The topological polar surface area (TPSA) is 24.5 Å². The van der Waals surface area contributed by atoms with Crippen molar-refractivity contribution in [3.05, 3.63) is 0 Å². The van der Waals surface area contributed by atoms with Crippen LogP contribution in [-0.2, 0) is 4.74 Å². The van der Waals surface area contributed by atoms with Crippen molar-refractivity contribution >= 4 is 0 Å². The molecule has 3 heteroatoms. The molecule has 3 nitrogen and oxygen atoms in total. The lowest BCUT2D eigenvalue weighted by Crippen LogP contribution is -2.54. The van der Waals surface area contributed by atoms with Crippen LogP contribution in [0.2, 0.25) is 0 Å². The Balaban J connectivity index is 1.93. The third-order valence-corrected chi connectivity index (χ3v) is 4.37. The van der Waals surface area contributed by atoms with Crippen molar-refractivity contribution in [3.8, 4) is 0 Å². The van der Waals surface area contributed by atoms with Gasteiger partial charge in [0.05, 0.1) is 12.2 Å². The number of ether oxygens (including phenoxy) is 1. The van der Waals surface area contributed by atoms with E-state index in [1.807, 2.05) is 0 Å². The second-order valence-electron chi connectivity index (χ2n) is 6.45. The van der Waals surface area contributed by atoms with Crippen LogP contribution in [0.5, 0.6) is 0 Å². The third-order valence-electron chi connectivity index (χ3n) is 4.37. The summed E-state index contributed by atoms with van der Waals surface area (Å²) in [5.74, 6) is 0. The summed E-state index contributed by atoms with van der Waals surface area (Å²) in [5, 5.41) is 3.58. The lowest BCUT2D eigenvalue weighted by Gasteiger charge is -2.45. The van der Waals surface area contributed by atoms with Crippen LogP contribution < -0.4 is 5.32 Å². The number of piperidine rings is 1. The van der Waals surface area contributed by atoms with Gasteiger partial charge in [-0.3, -0.25) is 4.90 Å². The molecule has 1 N–H and O–H groups in total. The molecule has 2 aliphatic heterocycles. The molecule has 2 rings (SSSR count). The highest BCUT2D eigenvalue weighted by Gasteiger charge is 2.35. The fraction of sp³-hybridized carbons (Fsp3) is 1.00. The average molecular weight is 240 g/mol. The number of nitrogens with one attached hydrogen (secondary N) is 1. The van der Waals surface area contributed by atoms with E-state index < -0.39 is 0 Å². The summed E-state index contributed by atoms with van der Waals surface area (Å²) in [7, 11) is 0. The first-order valence-electron chi connectivity index (χ1n) is 7.12. The molecule has 0 saturated carbocycles. The van der Waals surface area contributed by atoms with Crippen LogP contribution >= 0.6 is 0 Å². The van der Waals surface area contributed by atoms with E-state index in [4.69, 9.17) is 4.74 Å². The van der Waals surface area contributed by atoms with E-state index in [-0.39, 0.29) is 5.60 Å². The normalized spacial score (nSPS) is 34.8. The summed E-state index contributed by atoms with van der Waals surface area (Å²) in [6.07, 6.45) is 4.01. The minimum atomic E-state index is 0.0370. The van der Waals surface area contributed by atoms with Crippen LogP contribution in [0.25, 0.3) is 0 Å². The van der Waals surface area contributed by atoms with E-state index in [2.05, 4.69) is 31.0 Å². The van der Waals surface area contributed by atoms with E-state index in [0.717, 1.165) is 19.7 Å². The number of morpholine rings is 1. The molecule has 2 fully saturated rings. The summed E-state index contributed by atoms with van der Waals surface area (Å²) in [6, 6.07) is 0. The van der Waals surface area contributed by atoms with Crippen molar-refractivity contribution in [2.45, 2.75) is 45.6 Å². The van der Waals surface area contributed by atoms with E-state index in [1.54, 1.807) is 0 Å². The summed E-state index contributed by atoms with van der Waals surface area (Å²) in [6.45, 7) is 13.5. The van der Waals surface area contributed by atoms with Crippen molar-refractivity contribution in [3.63, 3.8) is 0 Å². The minimum absolute atomic E-state index is 0.0370. The summed E-state index contributed by atoms with van der Waals surface area (Å²) >= 11 is 0. The molecule has 0 aromatic rings. The largest absolute Gasteiger partial charge is 0.373 e. The van der Waals surface area contributed by atoms with Crippen LogP contribution in [0.3, 0.4) is 0 Å². The van der Waals surface area contributed by atoms with E-state index in [0.29, 0.717) is 5.41 Å². The van der Waals surface area contributed by atoms with Crippen molar-refractivity contribution in [1.29, 1.82) is 0 Å². The highest BCUT2D eigenvalue weighted by Crippen LogP contribution is 2.32. The molecule has 17 heavy (non-hydrogen) atoms. The van der Waals surface area contributed by atoms with Gasteiger partial charge in [-0.25, -0.2) is 0 Å². The molecule has 0 radical (unpaired) electrons. The number of hydrogen-bond acceptors (Lipinski definition) is 3. The molecular formula is C14H28N2O. The second kappa shape index (κ2) is 5.25. The van der Waals surface area contributed by atoms with E-state index in [1.165, 1.54) is 38.9 Å². The van der Waals surface area contributed by atoms with Gasteiger partial charge in [0, 0.05) is 26.2 Å². The molecule has 1 unspecified atom stereocenters. The van der Waals surface area contributed by atoms with Gasteiger partial charge >= 0.3 is 0 Å². The van der Waals surface area contributed by atoms with Crippen molar-refractivity contribution in [1.82, 2.24) is 10.2 Å². The maximum absolute atomic E-state index is 5.79. The number of nitrogens with zero attached hydrogens (tertiary/aromatic N) is 1. The lowest BCUT2D eigenvalue weighted by atomic mass is 9.77. The van der Waals surface area contributed by atoms with Gasteiger partial charge in [-0.1, -0.05) is 6.92 Å². The zero-order valence-corrected chi connectivity index (χ0v) is 11.7. The molecule has 1 atom stereocenters. The third kappa shape index (κ3) is 3.43. The monoisotopic (exact) mass is 240 g/mol. The standard InChI is InChI=1S/C14H28N2O/c1-4-14(6-5-7-15-10-14)12-16-8-9-17-13(2,3)11-16/h15H,4-12H2,1-3H3. The van der Waals surface area contributed by atoms with Gasteiger partial charge in [-0.2, -0.15) is 0 Å². The Labute approximate surface area is 106 Å². The average Bonchev–Trinajstić information content (AvgIpc) is 2.29. The Morgan fingerprint density at radius 3 is 2.76 bits per heavy atom. The van der Waals surface area contributed by atoms with Crippen LogP contribution in [-0.4, -0.2) is 49.8 Å². The SMILES string of the molecule is CCC1(CN2CCOC(C)(C)C2)CCCNC1. The van der Waals surface area contributed by atoms with Gasteiger partial charge in [0.1, 0.15) is 0 Å². The Bertz CT molecular complexity index is 247. The molecule has 0 bridgehead atoms. The number of hydrogen-bond donors (Lipinski definition) is 1. The fourth-order valence-corrected chi connectivity index (χ4v) is 3.30. The summed E-state index contributed by atoms with van der Waals surface area (Å²) < 4.78 is 5.79. The van der Waals surface area contributed by atoms with Crippen molar-refractivity contribution in [2.75, 3.05) is 39.3 Å². The second-order valence-corrected chi connectivity index (χ2v) is 6.45. The highest BCUT2D eigenvalue weighted by atomic mass is 16.5. The molecule has 2 aliphatic rings. The first kappa shape index (κ1) is 13.3. The van der Waals surface area contributed by atoms with Crippen molar-refractivity contribution < 1.29 is 4.74 Å². The van der Waals surface area contributed by atoms with Gasteiger partial charge in [0.15, 0.2) is 0 Å². The molecule has 2 heterocycles. The fourth-order valence-electron chi connectivity index (χ4n) is 3.30. The Hall–Kier alpha value is -0.120. The molecule has 0 aromatic carbocycles. The molecule has 100 valence electrons. The highest BCUT2D eigenvalue weighted by molar-refractivity contribution is 4.90. The van der Waals surface area contributed by atoms with Crippen LogP contribution in [0.15, 0.2) is 0 Å². The Kier molecular flexibility index (Phi) is 4.11. The molecular weight excluding hydrogens is 212 g/mol. The Morgan fingerprint density at radius 1 is 1.35 bits per heavy atom. The van der Waals surface area contributed by atoms with Gasteiger partial charge in [-0.05, 0) is 45.1 Å². The Morgan fingerprint density at radius 2 is 2.18 bits per heavy atom. The quantitative estimate of drug-likeness (QED) is 0.815. The predicted molar refractivity (Wildman–Crippen MR) is 71.3 cm³/mol. The minimum Gasteiger partial charge on any atom is -0.373 e. The smallest absolute Gasteiger partial charge is 0.0753 e. The zero-order chi connectivity index (χ0) is 12.4. The van der Waals surface area contributed by atoms with Gasteiger partial charge in [0.2, 0.25) is 0 Å². The van der Waals surface area contributed by atoms with Crippen LogP contribution in [0, 0.1) is 5.41 Å². The zero-order valence-electron chi connectivity index (χ0n) is 11.7. The summed E-state index contributed by atoms with van der Waals surface area (Å²) in [4.78, 5) is 2.61. The number of rotatable bonds is 3. The molecule has 0 amide bonds. The maximum atomic E-state index is 5.79. The molecule has 0 aliphatic carbocycles. The van der Waals surface area contributed by atoms with Gasteiger partial charge in [-0.15, -0.1) is 0 Å². The lowest BCUT2D eigenvalue weighted by molar-refractivity contribution is -0.0959. The van der Waals surface area contributed by atoms with E-state index in [9.17, 15) is 0 Å². The van der Waals surface area contributed by atoms with Crippen molar-refractivity contribution in [2.24, 2.45) is 5.41 Å². The maximum Gasteiger partial charge on any atom is 0.0753 e. The first-order chi connectivity index (χ1) is 8.05. The van der Waals surface area contributed by atoms with Crippen LogP contribution in [0.1, 0.15) is 40.0 Å². The van der Waals surface area contributed by atoms with Gasteiger partial charge in [0.25, 0.3) is 0 Å². The molecule has 0 spiro atoms. The van der Waals surface area contributed by atoms with Crippen LogP contribution in [0.4, 0.5) is 0 Å². The molecule has 0 aromatic heterocycles. The molecule has 2 saturated heterocycles. The first-order valence-corrected chi connectivity index (χ1v) is 7.12.